The molecule has 24 heteroatoms. The van der Waals surface area contributed by atoms with Gasteiger partial charge in [-0.3, -0.25) is 47.9 Å². The fourth-order valence-electron chi connectivity index (χ4n) is 8.30. The Hall–Kier alpha value is -8.90. The average molecular weight is 1080 g/mol. The van der Waals surface area contributed by atoms with E-state index in [0.29, 0.717) is 22.3 Å². The van der Waals surface area contributed by atoms with Crippen molar-refractivity contribution in [3.8, 4) is 11.5 Å². The Morgan fingerprint density at radius 2 is 0.833 bits per heavy atom. The number of nitrogens with two attached hydrogens (primary N) is 4. The van der Waals surface area contributed by atoms with Gasteiger partial charge in [0, 0.05) is 25.9 Å². The van der Waals surface area contributed by atoms with E-state index >= 15 is 0 Å². The molecule has 8 atom stereocenters. The molecule has 24 nitrogen and oxygen atoms in total. The molecule has 0 spiro atoms. The van der Waals surface area contributed by atoms with Gasteiger partial charge < -0.3 is 75.7 Å². The molecule has 0 bridgehead atoms. The Morgan fingerprint density at radius 1 is 0.487 bits per heavy atom. The number of nitrogens with one attached hydrogen (secondary N) is 8. The van der Waals surface area contributed by atoms with Crippen molar-refractivity contribution in [2.45, 2.75) is 113 Å². The highest BCUT2D eigenvalue weighted by molar-refractivity contribution is 5.98. The summed E-state index contributed by atoms with van der Waals surface area (Å²) in [5.41, 5.74) is 26.3. The molecule has 0 saturated carbocycles. The van der Waals surface area contributed by atoms with Crippen LogP contribution < -0.4 is 65.5 Å². The second-order valence-electron chi connectivity index (χ2n) is 18.9. The third kappa shape index (κ3) is 20.0. The lowest BCUT2D eigenvalue weighted by Gasteiger charge is -2.26. The first-order chi connectivity index (χ1) is 37.2. The fraction of sp³-hybridized carbons (Fsp3) is 0.370. The van der Waals surface area contributed by atoms with Gasteiger partial charge in [-0.1, -0.05) is 84.9 Å². The third-order valence-electron chi connectivity index (χ3n) is 12.6. The molecule has 416 valence electrons. The Bertz CT molecular complexity index is 2530. The molecule has 10 amide bonds. The summed E-state index contributed by atoms with van der Waals surface area (Å²) in [6.07, 6.45) is -1.93. The number of hydrogen-bond acceptors (Lipinski definition) is 14. The number of benzene rings is 4. The van der Waals surface area contributed by atoms with Crippen LogP contribution >= 0.6 is 0 Å². The van der Waals surface area contributed by atoms with Crippen molar-refractivity contribution in [2.24, 2.45) is 22.9 Å². The van der Waals surface area contributed by atoms with E-state index in [4.69, 9.17) is 22.9 Å². The maximum absolute atomic E-state index is 14.2. The Kier molecular flexibility index (Phi) is 23.1. The van der Waals surface area contributed by atoms with E-state index in [0.717, 1.165) is 0 Å². The van der Waals surface area contributed by atoms with Crippen LogP contribution in [0.4, 0.5) is 0 Å². The van der Waals surface area contributed by atoms with Crippen molar-refractivity contribution in [1.29, 1.82) is 0 Å². The molecule has 1 fully saturated rings. The fourth-order valence-corrected chi connectivity index (χ4v) is 8.30. The lowest BCUT2D eigenvalue weighted by Crippen LogP contribution is -2.59. The Labute approximate surface area is 450 Å². The summed E-state index contributed by atoms with van der Waals surface area (Å²) in [6, 6.07) is 17.5. The van der Waals surface area contributed by atoms with Gasteiger partial charge in [-0.2, -0.15) is 0 Å². The molecule has 18 N–H and O–H groups in total. The summed E-state index contributed by atoms with van der Waals surface area (Å²) >= 11 is 0. The minimum Gasteiger partial charge on any atom is -0.508 e. The van der Waals surface area contributed by atoms with E-state index in [1.54, 1.807) is 84.9 Å². The summed E-state index contributed by atoms with van der Waals surface area (Å²) in [5.74, 6) is -8.85. The molecule has 78 heavy (non-hydrogen) atoms. The van der Waals surface area contributed by atoms with Gasteiger partial charge in [0.15, 0.2) is 0 Å². The summed E-state index contributed by atoms with van der Waals surface area (Å²) < 4.78 is 0. The predicted octanol–water partition coefficient (Wildman–Crippen LogP) is -2.51. The van der Waals surface area contributed by atoms with Gasteiger partial charge in [-0.05, 0) is 85.0 Å². The van der Waals surface area contributed by atoms with Gasteiger partial charge >= 0.3 is 0 Å². The van der Waals surface area contributed by atoms with Crippen molar-refractivity contribution in [1.82, 2.24) is 42.5 Å². The summed E-state index contributed by atoms with van der Waals surface area (Å²) in [7, 11) is 0. The minimum atomic E-state index is -1.63. The maximum atomic E-state index is 14.2. The van der Waals surface area contributed by atoms with Gasteiger partial charge in [0.2, 0.25) is 59.1 Å². The summed E-state index contributed by atoms with van der Waals surface area (Å²) in [5, 5.41) is 40.0. The Balaban J connectivity index is 1.43. The van der Waals surface area contributed by atoms with Crippen LogP contribution in [0, 0.1) is 0 Å². The normalized spacial score (nSPS) is 21.6. The maximum Gasteiger partial charge on any atom is 0.243 e. The first-order valence-electron chi connectivity index (χ1n) is 25.3. The van der Waals surface area contributed by atoms with Crippen molar-refractivity contribution in [3.05, 3.63) is 131 Å². The van der Waals surface area contributed by atoms with E-state index in [2.05, 4.69) is 42.5 Å². The largest absolute Gasteiger partial charge is 0.508 e. The molecule has 1 aliphatic heterocycles. The topological polar surface area (TPSA) is 411 Å². The molecular weight excluding hydrogens is 1010 g/mol. The lowest BCUT2D eigenvalue weighted by molar-refractivity contribution is -0.135. The lowest BCUT2D eigenvalue weighted by atomic mass is 10.0. The molecule has 4 aromatic carbocycles. The minimum absolute atomic E-state index is 0.0163. The molecule has 4 aromatic rings. The summed E-state index contributed by atoms with van der Waals surface area (Å²) in [4.78, 5) is 137. The number of rotatable bonds is 14. The highest BCUT2D eigenvalue weighted by Gasteiger charge is 2.34. The van der Waals surface area contributed by atoms with Crippen LogP contribution in [0.3, 0.4) is 0 Å². The van der Waals surface area contributed by atoms with Gasteiger partial charge in [-0.25, -0.2) is 0 Å². The number of carbonyl (C=O) groups excluding carboxylic acids is 10. The van der Waals surface area contributed by atoms with Gasteiger partial charge in [0.1, 0.15) is 47.8 Å². The van der Waals surface area contributed by atoms with Crippen LogP contribution in [-0.4, -0.2) is 131 Å². The van der Waals surface area contributed by atoms with Crippen molar-refractivity contribution >= 4 is 59.1 Å². The van der Waals surface area contributed by atoms with E-state index < -0.39 is 120 Å². The van der Waals surface area contributed by atoms with Gasteiger partial charge in [0.05, 0.1) is 24.9 Å². The number of aromatic hydroxyl groups is 2. The van der Waals surface area contributed by atoms with Crippen molar-refractivity contribution in [3.63, 3.8) is 0 Å². The molecule has 0 unspecified atom stereocenters. The monoisotopic (exact) mass is 1080 g/mol. The number of primary amides is 2. The smallest absolute Gasteiger partial charge is 0.243 e. The van der Waals surface area contributed by atoms with Crippen molar-refractivity contribution < 1.29 is 58.2 Å². The van der Waals surface area contributed by atoms with Crippen LogP contribution in [-0.2, 0) is 73.6 Å². The van der Waals surface area contributed by atoms with Crippen LogP contribution in [0.2, 0.25) is 0 Å². The second kappa shape index (κ2) is 30.0. The van der Waals surface area contributed by atoms with Gasteiger partial charge in [-0.15, -0.1) is 0 Å². The van der Waals surface area contributed by atoms with Crippen LogP contribution in [0.25, 0.3) is 0 Å². The number of amides is 10. The molecule has 0 radical (unpaired) electrons. The zero-order chi connectivity index (χ0) is 56.7. The molecule has 1 heterocycles. The molecule has 1 aliphatic rings. The van der Waals surface area contributed by atoms with E-state index in [1.807, 2.05) is 0 Å². The average Bonchev–Trinajstić information content (AvgIpc) is 3.42. The molecule has 1 saturated heterocycles. The van der Waals surface area contributed by atoms with E-state index in [9.17, 15) is 58.2 Å². The summed E-state index contributed by atoms with van der Waals surface area (Å²) in [6.45, 7) is -0.283. The third-order valence-corrected chi connectivity index (χ3v) is 12.6. The molecule has 0 aromatic heterocycles. The first kappa shape index (κ1) is 60.0. The highest BCUT2D eigenvalue weighted by Crippen LogP contribution is 2.14. The molecular formula is C54H68N12O12. The van der Waals surface area contributed by atoms with Crippen LogP contribution in [0.1, 0.15) is 60.8 Å². The zero-order valence-corrected chi connectivity index (χ0v) is 42.8. The van der Waals surface area contributed by atoms with Crippen LogP contribution in [0.5, 0.6) is 11.5 Å². The molecule has 5 rings (SSSR count). The number of carbonyl (C=O) groups is 10. The molecule has 0 aliphatic carbocycles. The van der Waals surface area contributed by atoms with Crippen molar-refractivity contribution in [2.75, 3.05) is 13.1 Å². The Morgan fingerprint density at radius 3 is 1.17 bits per heavy atom. The number of hydrogen-bond donors (Lipinski definition) is 14. The second-order valence-corrected chi connectivity index (χ2v) is 18.9. The number of phenols is 2. The van der Waals surface area contributed by atoms with Gasteiger partial charge in [0.25, 0.3) is 0 Å². The first-order valence-corrected chi connectivity index (χ1v) is 25.3. The van der Waals surface area contributed by atoms with Crippen LogP contribution in [0.15, 0.2) is 109 Å². The van der Waals surface area contributed by atoms with E-state index in [1.165, 1.54) is 24.3 Å². The number of phenolic OH excluding ortho intramolecular Hbond substituents is 2. The highest BCUT2D eigenvalue weighted by atomic mass is 16.3. The SMILES string of the molecule is NC(=O)[C@@H]1CCCNC(=O)C[C@H](NC(=O)[C@@H](N)Cc2ccc(O)cc2)C(=O)N[C@@H](Cc2ccccc2)C(=O)N[C@H](C(N)=O)CCCNC(=O)C[C@H](NC(=O)[C@@H](N)Cc2ccc(O)cc2)C(=O)N[C@@H](Cc2ccccc2)C(=O)N1. The quantitative estimate of drug-likeness (QED) is 0.0621. The predicted molar refractivity (Wildman–Crippen MR) is 284 cm³/mol. The standard InChI is InChI=1S/C54H68N12O12/c55-37(25-33-15-19-35(67)20-16-33)49(73)63-43-29-45(69)59-24-8-14-40(48(58)72)62-52(76)42(28-32-11-5-2-6-12-32)66-54(78)44(64-50(74)38(56)26-34-17-21-36(68)22-18-34)30-46(70)60-23-7-13-39(47(57)71)61-51(75)41(65-53(43)77)27-31-9-3-1-4-10-31/h1-6,9-12,15-22,37-44,67-68H,7-8,13-14,23-30,55-56H2,(H2,57,71)(H2,58,72)(H,59,69)(H,60,70)(H,61,75)(H,62,76)(H,63,73)(H,64,74)(H,65,77)(H,66,78)/t37-,38-,39-,40-,41-,42-,43-,44-/m0/s1. The van der Waals surface area contributed by atoms with E-state index in [-0.39, 0.29) is 76.0 Å². The zero-order valence-electron chi connectivity index (χ0n) is 42.8.